The van der Waals surface area contributed by atoms with Gasteiger partial charge in [0.25, 0.3) is 0 Å². The van der Waals surface area contributed by atoms with Crippen molar-refractivity contribution in [3.63, 3.8) is 0 Å². The molecule has 0 amide bonds. The summed E-state index contributed by atoms with van der Waals surface area (Å²) < 4.78 is 6.78. The number of furan rings is 1. The molecular weight excluding hydrogens is 737 g/mol. The highest BCUT2D eigenvalue weighted by atomic mass is 16.3. The Bertz CT molecular complexity index is 4040. The maximum Gasteiger partial charge on any atom is 0.143 e. The molecule has 0 fully saturated rings. The molecular formula is C60H34O. The van der Waals surface area contributed by atoms with Gasteiger partial charge in [0.05, 0.1) is 0 Å². The van der Waals surface area contributed by atoms with E-state index in [-0.39, 0.29) is 0 Å². The molecule has 1 heterocycles. The fourth-order valence-corrected chi connectivity index (χ4v) is 10.7. The van der Waals surface area contributed by atoms with E-state index < -0.39 is 0 Å². The number of benzene rings is 13. The minimum atomic E-state index is 0.902. The van der Waals surface area contributed by atoms with Crippen LogP contribution < -0.4 is 0 Å². The summed E-state index contributed by atoms with van der Waals surface area (Å²) in [7, 11) is 0. The zero-order chi connectivity index (χ0) is 39.8. The summed E-state index contributed by atoms with van der Waals surface area (Å²) in [5, 5.41) is 20.3. The van der Waals surface area contributed by atoms with Crippen LogP contribution in [0, 0.1) is 0 Å². The summed E-state index contributed by atoms with van der Waals surface area (Å²) in [6.07, 6.45) is 0. The molecule has 0 atom stereocenters. The van der Waals surface area contributed by atoms with Crippen LogP contribution in [0.2, 0.25) is 0 Å². The molecule has 61 heavy (non-hydrogen) atoms. The van der Waals surface area contributed by atoms with Crippen molar-refractivity contribution >= 4 is 97.3 Å². The number of hydrogen-bond donors (Lipinski definition) is 0. The third-order valence-electron chi connectivity index (χ3n) is 13.6. The van der Waals surface area contributed by atoms with Crippen LogP contribution in [0.15, 0.2) is 211 Å². The fourth-order valence-electron chi connectivity index (χ4n) is 10.7. The largest absolute Gasteiger partial charge is 0.455 e. The Labute approximate surface area is 351 Å². The summed E-state index contributed by atoms with van der Waals surface area (Å²) in [5.74, 6) is 0. The van der Waals surface area contributed by atoms with Crippen molar-refractivity contribution in [2.45, 2.75) is 0 Å². The van der Waals surface area contributed by atoms with E-state index in [0.717, 1.165) is 32.7 Å². The molecule has 14 aromatic rings. The molecule has 13 aromatic carbocycles. The van der Waals surface area contributed by atoms with Gasteiger partial charge < -0.3 is 4.42 Å². The molecule has 1 heteroatoms. The van der Waals surface area contributed by atoms with Crippen molar-refractivity contribution in [3.05, 3.63) is 206 Å². The summed E-state index contributed by atoms with van der Waals surface area (Å²) in [4.78, 5) is 0. The molecule has 0 spiro atoms. The average Bonchev–Trinajstić information content (AvgIpc) is 3.72. The van der Waals surface area contributed by atoms with Crippen molar-refractivity contribution in [3.8, 4) is 44.5 Å². The van der Waals surface area contributed by atoms with Crippen LogP contribution in [0.4, 0.5) is 0 Å². The normalized spacial score (nSPS) is 12.3. The topological polar surface area (TPSA) is 13.1 Å². The standard InChI is InChI=1S/C60H34O/c1-2-10-54-51(9-1)59-52(38-17-15-37(16-18-38)48-30-26-44-22-20-40-6-4-8-42-28-32-50(48)58(44)56(40)42)34-46-24-23-45(33-53(46)60(59)61-54)35-11-13-36(14-12-35)47-29-25-43-21-19-39-5-3-7-41-27-31-49(47)57(43)55(39)41/h1-34H. The van der Waals surface area contributed by atoms with Crippen molar-refractivity contribution < 1.29 is 4.42 Å². The molecule has 0 aliphatic rings. The van der Waals surface area contributed by atoms with E-state index in [1.54, 1.807) is 0 Å². The number of fused-ring (bicyclic) bond motifs is 5. The molecule has 0 saturated heterocycles. The molecule has 0 bridgehead atoms. The molecule has 1 aromatic heterocycles. The van der Waals surface area contributed by atoms with Crippen LogP contribution in [-0.2, 0) is 0 Å². The highest BCUT2D eigenvalue weighted by Gasteiger charge is 2.19. The van der Waals surface area contributed by atoms with Crippen molar-refractivity contribution in [1.82, 2.24) is 0 Å². The minimum absolute atomic E-state index is 0.902. The van der Waals surface area contributed by atoms with Crippen molar-refractivity contribution in [2.75, 3.05) is 0 Å². The van der Waals surface area contributed by atoms with Gasteiger partial charge >= 0.3 is 0 Å². The first-order valence-electron chi connectivity index (χ1n) is 21.1. The number of para-hydroxylation sites is 1. The Balaban J connectivity index is 0.868. The maximum atomic E-state index is 6.78. The molecule has 14 rings (SSSR count). The van der Waals surface area contributed by atoms with Crippen LogP contribution in [-0.4, -0.2) is 0 Å². The van der Waals surface area contributed by atoms with Gasteiger partial charge in [-0.15, -0.1) is 0 Å². The van der Waals surface area contributed by atoms with Gasteiger partial charge in [-0.1, -0.05) is 188 Å². The second-order valence-electron chi connectivity index (χ2n) is 16.8. The van der Waals surface area contributed by atoms with E-state index in [1.807, 2.05) is 0 Å². The smallest absolute Gasteiger partial charge is 0.143 e. The van der Waals surface area contributed by atoms with Gasteiger partial charge in [0, 0.05) is 16.2 Å². The first kappa shape index (κ1) is 32.9. The van der Waals surface area contributed by atoms with E-state index in [1.165, 1.54) is 109 Å². The molecule has 0 saturated carbocycles. The summed E-state index contributed by atoms with van der Waals surface area (Å²) >= 11 is 0. The lowest BCUT2D eigenvalue weighted by molar-refractivity contribution is 0.673. The van der Waals surface area contributed by atoms with E-state index in [0.29, 0.717) is 0 Å². The van der Waals surface area contributed by atoms with Crippen LogP contribution >= 0.6 is 0 Å². The predicted octanol–water partition coefficient (Wildman–Crippen LogP) is 17.2. The van der Waals surface area contributed by atoms with Gasteiger partial charge in [0.2, 0.25) is 0 Å². The second kappa shape index (κ2) is 12.3. The fraction of sp³-hybridized carbons (Fsp3) is 0. The Morgan fingerprint density at radius 1 is 0.230 bits per heavy atom. The Morgan fingerprint density at radius 3 is 1.25 bits per heavy atom. The lowest BCUT2D eigenvalue weighted by atomic mass is 9.89. The third kappa shape index (κ3) is 4.72. The van der Waals surface area contributed by atoms with E-state index in [9.17, 15) is 0 Å². The van der Waals surface area contributed by atoms with Gasteiger partial charge in [-0.3, -0.25) is 0 Å². The van der Waals surface area contributed by atoms with Gasteiger partial charge in [0.15, 0.2) is 0 Å². The zero-order valence-electron chi connectivity index (χ0n) is 33.0. The first-order valence-corrected chi connectivity index (χ1v) is 21.1. The molecule has 280 valence electrons. The lowest BCUT2D eigenvalue weighted by Crippen LogP contribution is -1.88. The molecule has 0 aliphatic heterocycles. The Hall–Kier alpha value is -8.00. The summed E-state index contributed by atoms with van der Waals surface area (Å²) in [5.41, 5.74) is 11.5. The van der Waals surface area contributed by atoms with Gasteiger partial charge in [-0.2, -0.15) is 0 Å². The maximum absolute atomic E-state index is 6.78. The van der Waals surface area contributed by atoms with Crippen molar-refractivity contribution in [2.24, 2.45) is 0 Å². The lowest BCUT2D eigenvalue weighted by Gasteiger charge is -2.15. The van der Waals surface area contributed by atoms with Crippen LogP contribution in [0.5, 0.6) is 0 Å². The highest BCUT2D eigenvalue weighted by Crippen LogP contribution is 2.45. The molecule has 1 nitrogen and oxygen atoms in total. The van der Waals surface area contributed by atoms with Crippen LogP contribution in [0.25, 0.3) is 142 Å². The summed E-state index contributed by atoms with van der Waals surface area (Å²) in [6, 6.07) is 76.3. The number of hydrogen-bond acceptors (Lipinski definition) is 1. The Kier molecular flexibility index (Phi) is 6.62. The summed E-state index contributed by atoms with van der Waals surface area (Å²) in [6.45, 7) is 0. The van der Waals surface area contributed by atoms with Crippen LogP contribution in [0.3, 0.4) is 0 Å². The molecule has 0 aliphatic carbocycles. The second-order valence-corrected chi connectivity index (χ2v) is 16.8. The SMILES string of the molecule is c1cc2ccc3ccc(-c4ccc(-c5ccc6cc(-c7ccc(-c8ccc9ccc%10cccc%11ccc8c9c%10%11)cc7)c7c8ccccc8oc7c6c5)cc4)c4ccc(c1)c2c34. The van der Waals surface area contributed by atoms with E-state index in [2.05, 4.69) is 206 Å². The highest BCUT2D eigenvalue weighted by molar-refractivity contribution is 6.27. The van der Waals surface area contributed by atoms with Gasteiger partial charge in [-0.25, -0.2) is 0 Å². The van der Waals surface area contributed by atoms with Gasteiger partial charge in [-0.05, 0) is 133 Å². The molecule has 0 radical (unpaired) electrons. The van der Waals surface area contributed by atoms with E-state index >= 15 is 0 Å². The Morgan fingerprint density at radius 2 is 0.672 bits per heavy atom. The van der Waals surface area contributed by atoms with Crippen LogP contribution in [0.1, 0.15) is 0 Å². The number of rotatable bonds is 4. The quantitative estimate of drug-likeness (QED) is 0.162. The molecule has 0 unspecified atom stereocenters. The third-order valence-corrected chi connectivity index (χ3v) is 13.6. The van der Waals surface area contributed by atoms with E-state index in [4.69, 9.17) is 4.42 Å². The minimum Gasteiger partial charge on any atom is -0.455 e. The molecule has 0 N–H and O–H groups in total. The first-order chi connectivity index (χ1) is 30.2. The monoisotopic (exact) mass is 770 g/mol. The van der Waals surface area contributed by atoms with Crippen molar-refractivity contribution in [1.29, 1.82) is 0 Å². The predicted molar refractivity (Wildman–Crippen MR) is 260 cm³/mol. The van der Waals surface area contributed by atoms with Gasteiger partial charge in [0.1, 0.15) is 11.2 Å². The zero-order valence-corrected chi connectivity index (χ0v) is 33.0. The average molecular weight is 771 g/mol.